The molecule has 4 nitrogen and oxygen atoms in total. The lowest BCUT2D eigenvalue weighted by atomic mass is 10.2. The van der Waals surface area contributed by atoms with E-state index in [2.05, 4.69) is 0 Å². The van der Waals surface area contributed by atoms with Crippen LogP contribution in [-0.4, -0.2) is 15.3 Å². The van der Waals surface area contributed by atoms with Crippen LogP contribution in [0.3, 0.4) is 0 Å². The van der Waals surface area contributed by atoms with Crippen molar-refractivity contribution in [3.05, 3.63) is 52.4 Å². The first-order valence-electron chi connectivity index (χ1n) is 5.44. The zero-order valence-electron chi connectivity index (χ0n) is 10.1. The topological polar surface area (TPSA) is 67.5 Å². The Bertz CT molecular complexity index is 648. The Hall–Kier alpha value is -1.59. The van der Waals surface area contributed by atoms with Gasteiger partial charge in [-0.25, -0.2) is 4.79 Å². The van der Waals surface area contributed by atoms with E-state index in [0.717, 1.165) is 0 Å². The summed E-state index contributed by atoms with van der Waals surface area (Å²) in [6, 6.07) is 8.13. The molecule has 0 spiro atoms. The fourth-order valence-corrected chi connectivity index (χ4v) is 2.96. The lowest BCUT2D eigenvalue weighted by Crippen LogP contribution is -1.96. The van der Waals surface area contributed by atoms with Crippen LogP contribution in [0.2, 0.25) is 5.02 Å². The smallest absolute Gasteiger partial charge is 0.339 e. The molecular weight excluding hydrogens is 288 g/mol. The van der Waals surface area contributed by atoms with Crippen LogP contribution in [0, 0.1) is 6.92 Å². The molecule has 1 N–H and O–H groups in total. The van der Waals surface area contributed by atoms with Gasteiger partial charge in [0.15, 0.2) is 0 Å². The van der Waals surface area contributed by atoms with E-state index in [1.807, 2.05) is 0 Å². The summed E-state index contributed by atoms with van der Waals surface area (Å²) in [4.78, 5) is 11.5. The number of carboxylic acids is 1. The summed E-state index contributed by atoms with van der Waals surface area (Å²) in [5.41, 5.74) is 0.0955. The van der Waals surface area contributed by atoms with E-state index in [0.29, 0.717) is 21.4 Å². The van der Waals surface area contributed by atoms with Crippen LogP contribution in [0.5, 0.6) is 0 Å². The second-order valence-electron chi connectivity index (χ2n) is 3.93. The summed E-state index contributed by atoms with van der Waals surface area (Å²) >= 11 is 5.83. The summed E-state index contributed by atoms with van der Waals surface area (Å²) < 4.78 is 17.4. The van der Waals surface area contributed by atoms with Gasteiger partial charge in [0.05, 0.1) is 16.6 Å². The van der Waals surface area contributed by atoms with E-state index in [1.165, 1.54) is 6.07 Å². The Morgan fingerprint density at radius 3 is 2.74 bits per heavy atom. The minimum Gasteiger partial charge on any atom is -0.478 e. The molecule has 0 saturated carbocycles. The van der Waals surface area contributed by atoms with Crippen LogP contribution in [0.4, 0.5) is 0 Å². The molecule has 1 atom stereocenters. The van der Waals surface area contributed by atoms with Crippen molar-refractivity contribution in [2.45, 2.75) is 17.6 Å². The molecule has 0 radical (unpaired) electrons. The molecule has 1 heterocycles. The van der Waals surface area contributed by atoms with E-state index in [4.69, 9.17) is 21.1 Å². The molecule has 19 heavy (non-hydrogen) atoms. The predicted molar refractivity (Wildman–Crippen MR) is 72.0 cm³/mol. The van der Waals surface area contributed by atoms with Crippen LogP contribution >= 0.6 is 11.6 Å². The molecule has 6 heteroatoms. The highest BCUT2D eigenvalue weighted by Crippen LogP contribution is 2.20. The summed E-state index contributed by atoms with van der Waals surface area (Å²) in [7, 11) is -1.32. The molecule has 0 amide bonds. The van der Waals surface area contributed by atoms with Crippen molar-refractivity contribution in [3.8, 4) is 0 Å². The van der Waals surface area contributed by atoms with Crippen LogP contribution in [0.25, 0.3) is 0 Å². The van der Waals surface area contributed by atoms with Crippen LogP contribution < -0.4 is 0 Å². The molecule has 0 saturated heterocycles. The third kappa shape index (κ3) is 3.24. The molecule has 0 fully saturated rings. The zero-order valence-corrected chi connectivity index (χ0v) is 11.6. The molecule has 0 aliphatic heterocycles. The fraction of sp³-hybridized carbons (Fsp3) is 0.154. The van der Waals surface area contributed by atoms with Crippen LogP contribution in [0.1, 0.15) is 21.9 Å². The molecule has 1 aromatic heterocycles. The Balaban J connectivity index is 2.20. The summed E-state index contributed by atoms with van der Waals surface area (Å²) in [5, 5.41) is 9.42. The van der Waals surface area contributed by atoms with Gasteiger partial charge in [-0.1, -0.05) is 17.7 Å². The first-order chi connectivity index (χ1) is 8.97. The highest BCUT2D eigenvalue weighted by atomic mass is 35.5. The van der Waals surface area contributed by atoms with Gasteiger partial charge in [-0.2, -0.15) is 0 Å². The average Bonchev–Trinajstić information content (AvgIpc) is 2.70. The summed E-state index contributed by atoms with van der Waals surface area (Å²) in [6.45, 7) is 1.56. The number of benzene rings is 1. The molecule has 0 aliphatic carbocycles. The van der Waals surface area contributed by atoms with Crippen molar-refractivity contribution in [2.24, 2.45) is 0 Å². The van der Waals surface area contributed by atoms with Gasteiger partial charge >= 0.3 is 5.97 Å². The van der Waals surface area contributed by atoms with Gasteiger partial charge in [-0.15, -0.1) is 0 Å². The second-order valence-corrected chi connectivity index (χ2v) is 5.82. The number of carboxylic acid groups (broad SMARTS) is 1. The van der Waals surface area contributed by atoms with Gasteiger partial charge in [-0.3, -0.25) is 4.21 Å². The number of halogens is 1. The lowest BCUT2D eigenvalue weighted by Gasteiger charge is -2.00. The second kappa shape index (κ2) is 5.59. The fourth-order valence-electron chi connectivity index (χ4n) is 1.65. The quantitative estimate of drug-likeness (QED) is 0.941. The lowest BCUT2D eigenvalue weighted by molar-refractivity contribution is 0.0695. The van der Waals surface area contributed by atoms with Gasteiger partial charge in [0.2, 0.25) is 0 Å². The minimum atomic E-state index is -1.32. The maximum atomic E-state index is 12.1. The molecule has 0 aliphatic rings. The number of carbonyl (C=O) groups is 1. The standard InChI is InChI=1S/C13H11ClO4S/c1-8-12(13(15)16)6-10(18-8)7-19(17)11-4-2-3-9(14)5-11/h2-6H,7H2,1H3,(H,15,16). The summed E-state index contributed by atoms with van der Waals surface area (Å²) in [6.07, 6.45) is 0. The number of furan rings is 1. The van der Waals surface area contributed by atoms with Crippen molar-refractivity contribution in [3.63, 3.8) is 0 Å². The first kappa shape index (κ1) is 13.8. The number of rotatable bonds is 4. The van der Waals surface area contributed by atoms with E-state index in [1.54, 1.807) is 31.2 Å². The van der Waals surface area contributed by atoms with E-state index in [9.17, 15) is 9.00 Å². The Labute approximate surface area is 117 Å². The molecule has 1 unspecified atom stereocenters. The first-order valence-corrected chi connectivity index (χ1v) is 7.13. The molecule has 2 aromatic rings. The number of hydrogen-bond donors (Lipinski definition) is 1. The van der Waals surface area contributed by atoms with Gasteiger partial charge in [0, 0.05) is 9.92 Å². The predicted octanol–water partition coefficient (Wildman–Crippen LogP) is 3.25. The number of aromatic carboxylic acids is 1. The molecule has 1 aromatic carbocycles. The molecule has 2 rings (SSSR count). The van der Waals surface area contributed by atoms with E-state index < -0.39 is 16.8 Å². The molecule has 100 valence electrons. The SMILES string of the molecule is Cc1oc(CS(=O)c2cccc(Cl)c2)cc1C(=O)O. The van der Waals surface area contributed by atoms with Crippen molar-refractivity contribution < 1.29 is 18.5 Å². The van der Waals surface area contributed by atoms with Crippen LogP contribution in [0.15, 0.2) is 39.6 Å². The number of aryl methyl sites for hydroxylation is 1. The van der Waals surface area contributed by atoms with Crippen molar-refractivity contribution in [1.29, 1.82) is 0 Å². The normalized spacial score (nSPS) is 12.3. The zero-order chi connectivity index (χ0) is 14.0. The Morgan fingerprint density at radius 1 is 1.42 bits per heavy atom. The molecule has 0 bridgehead atoms. The number of hydrogen-bond acceptors (Lipinski definition) is 3. The van der Waals surface area contributed by atoms with Crippen LogP contribution in [-0.2, 0) is 16.6 Å². The molecular formula is C13H11ClO4S. The highest BCUT2D eigenvalue weighted by molar-refractivity contribution is 7.84. The maximum Gasteiger partial charge on any atom is 0.339 e. The van der Waals surface area contributed by atoms with E-state index in [-0.39, 0.29) is 11.3 Å². The largest absolute Gasteiger partial charge is 0.478 e. The van der Waals surface area contributed by atoms with Gasteiger partial charge in [0.1, 0.15) is 17.1 Å². The van der Waals surface area contributed by atoms with Gasteiger partial charge < -0.3 is 9.52 Å². The summed E-state index contributed by atoms with van der Waals surface area (Å²) in [5.74, 6) is -0.242. The van der Waals surface area contributed by atoms with Gasteiger partial charge in [0.25, 0.3) is 0 Å². The Morgan fingerprint density at radius 2 is 2.16 bits per heavy atom. The maximum absolute atomic E-state index is 12.1. The van der Waals surface area contributed by atoms with Crippen molar-refractivity contribution in [2.75, 3.05) is 0 Å². The van der Waals surface area contributed by atoms with Gasteiger partial charge in [-0.05, 0) is 31.2 Å². The van der Waals surface area contributed by atoms with E-state index >= 15 is 0 Å². The third-order valence-corrected chi connectivity index (χ3v) is 4.09. The van der Waals surface area contributed by atoms with Crippen molar-refractivity contribution in [1.82, 2.24) is 0 Å². The Kier molecular flexibility index (Phi) is 4.07. The van der Waals surface area contributed by atoms with Crippen molar-refractivity contribution >= 4 is 28.4 Å². The monoisotopic (exact) mass is 298 g/mol. The highest BCUT2D eigenvalue weighted by Gasteiger charge is 2.16. The average molecular weight is 299 g/mol. The minimum absolute atomic E-state index is 0.0955. The third-order valence-electron chi connectivity index (χ3n) is 2.53.